The Morgan fingerprint density at radius 1 is 1.26 bits per heavy atom. The van der Waals surface area contributed by atoms with Crippen molar-refractivity contribution >= 4 is 11.6 Å². The summed E-state index contributed by atoms with van der Waals surface area (Å²) < 4.78 is 0. The molecule has 0 aliphatic carbocycles. The van der Waals surface area contributed by atoms with Crippen LogP contribution < -0.4 is 5.73 Å². The molecule has 1 fully saturated rings. The van der Waals surface area contributed by atoms with Crippen molar-refractivity contribution in [3.8, 4) is 0 Å². The Labute approximate surface area is 121 Å². The van der Waals surface area contributed by atoms with Gasteiger partial charge in [0.1, 0.15) is 0 Å². The predicted molar refractivity (Wildman–Crippen MR) is 81.6 cm³/mol. The zero-order valence-electron chi connectivity index (χ0n) is 11.7. The van der Waals surface area contributed by atoms with Crippen molar-refractivity contribution in [2.24, 2.45) is 5.73 Å². The molecule has 2 N–H and O–H groups in total. The molecule has 1 saturated heterocycles. The minimum atomic E-state index is 0.0830. The molecule has 0 radical (unpaired) electrons. The predicted octanol–water partition coefficient (Wildman–Crippen LogP) is 2.37. The van der Waals surface area contributed by atoms with E-state index in [1.807, 2.05) is 18.2 Å². The molecule has 4 heteroatoms. The SMILES string of the molecule is CN1CCCN(CCC(N)c2cccc(Cl)c2)CC1. The Balaban J connectivity index is 1.81. The molecule has 106 valence electrons. The van der Waals surface area contributed by atoms with E-state index in [0.717, 1.165) is 36.6 Å². The number of hydrogen-bond acceptors (Lipinski definition) is 3. The summed E-state index contributed by atoms with van der Waals surface area (Å²) in [5.74, 6) is 0. The van der Waals surface area contributed by atoms with Crippen LogP contribution in [0, 0.1) is 0 Å². The Morgan fingerprint density at radius 2 is 2.11 bits per heavy atom. The third-order valence-corrected chi connectivity index (χ3v) is 4.08. The molecule has 1 unspecified atom stereocenters. The smallest absolute Gasteiger partial charge is 0.0409 e. The third-order valence-electron chi connectivity index (χ3n) is 3.85. The first-order chi connectivity index (χ1) is 9.15. The second-order valence-corrected chi connectivity index (χ2v) is 5.89. The van der Waals surface area contributed by atoms with E-state index >= 15 is 0 Å². The lowest BCUT2D eigenvalue weighted by Crippen LogP contribution is -2.31. The van der Waals surface area contributed by atoms with Gasteiger partial charge in [0.15, 0.2) is 0 Å². The second-order valence-electron chi connectivity index (χ2n) is 5.45. The Bertz CT molecular complexity index is 397. The Hall–Kier alpha value is -0.610. The van der Waals surface area contributed by atoms with Gasteiger partial charge in [-0.1, -0.05) is 23.7 Å². The van der Waals surface area contributed by atoms with Gasteiger partial charge >= 0.3 is 0 Å². The van der Waals surface area contributed by atoms with Gasteiger partial charge in [-0.05, 0) is 57.2 Å². The quantitative estimate of drug-likeness (QED) is 0.920. The number of rotatable bonds is 4. The summed E-state index contributed by atoms with van der Waals surface area (Å²) in [6.45, 7) is 5.77. The van der Waals surface area contributed by atoms with E-state index in [0.29, 0.717) is 0 Å². The maximum atomic E-state index is 6.25. The van der Waals surface area contributed by atoms with Crippen molar-refractivity contribution in [2.75, 3.05) is 39.8 Å². The normalized spacial score (nSPS) is 20.2. The van der Waals surface area contributed by atoms with Crippen molar-refractivity contribution in [3.63, 3.8) is 0 Å². The zero-order chi connectivity index (χ0) is 13.7. The molecule has 1 aliphatic heterocycles. The minimum Gasteiger partial charge on any atom is -0.324 e. The molecular weight excluding hydrogens is 258 g/mol. The van der Waals surface area contributed by atoms with Crippen LogP contribution in [0.25, 0.3) is 0 Å². The summed E-state index contributed by atoms with van der Waals surface area (Å²) in [4.78, 5) is 4.92. The highest BCUT2D eigenvalue weighted by molar-refractivity contribution is 6.30. The molecule has 1 heterocycles. The number of likely N-dealkylation sites (N-methyl/N-ethyl adjacent to an activating group) is 1. The lowest BCUT2D eigenvalue weighted by atomic mass is 10.0. The van der Waals surface area contributed by atoms with E-state index in [4.69, 9.17) is 17.3 Å². The van der Waals surface area contributed by atoms with Crippen LogP contribution in [0.3, 0.4) is 0 Å². The molecule has 1 aliphatic rings. The van der Waals surface area contributed by atoms with Gasteiger partial charge in [0, 0.05) is 24.2 Å². The fourth-order valence-corrected chi connectivity index (χ4v) is 2.75. The van der Waals surface area contributed by atoms with Gasteiger partial charge in [0.2, 0.25) is 0 Å². The van der Waals surface area contributed by atoms with Crippen LogP contribution in [0.4, 0.5) is 0 Å². The average molecular weight is 282 g/mol. The van der Waals surface area contributed by atoms with Gasteiger partial charge < -0.3 is 15.5 Å². The zero-order valence-corrected chi connectivity index (χ0v) is 12.4. The molecule has 19 heavy (non-hydrogen) atoms. The van der Waals surface area contributed by atoms with Gasteiger partial charge in [0.05, 0.1) is 0 Å². The first-order valence-electron chi connectivity index (χ1n) is 7.07. The molecule has 0 saturated carbocycles. The van der Waals surface area contributed by atoms with Crippen molar-refractivity contribution in [3.05, 3.63) is 34.9 Å². The number of benzene rings is 1. The summed E-state index contributed by atoms with van der Waals surface area (Å²) in [5, 5.41) is 0.768. The van der Waals surface area contributed by atoms with E-state index in [-0.39, 0.29) is 6.04 Å². The monoisotopic (exact) mass is 281 g/mol. The molecule has 0 aromatic heterocycles. The van der Waals surface area contributed by atoms with Crippen molar-refractivity contribution in [1.82, 2.24) is 9.80 Å². The molecule has 3 nitrogen and oxygen atoms in total. The van der Waals surface area contributed by atoms with Crippen LogP contribution in [0.1, 0.15) is 24.4 Å². The van der Waals surface area contributed by atoms with E-state index < -0.39 is 0 Å². The fourth-order valence-electron chi connectivity index (χ4n) is 2.55. The van der Waals surface area contributed by atoms with Gasteiger partial charge in [-0.15, -0.1) is 0 Å². The average Bonchev–Trinajstić information content (AvgIpc) is 2.61. The molecule has 2 rings (SSSR count). The molecule has 1 aromatic carbocycles. The van der Waals surface area contributed by atoms with E-state index in [9.17, 15) is 0 Å². The Morgan fingerprint density at radius 3 is 2.89 bits per heavy atom. The lowest BCUT2D eigenvalue weighted by Gasteiger charge is -2.22. The topological polar surface area (TPSA) is 32.5 Å². The van der Waals surface area contributed by atoms with Crippen LogP contribution in [-0.4, -0.2) is 49.6 Å². The van der Waals surface area contributed by atoms with Crippen molar-refractivity contribution in [1.29, 1.82) is 0 Å². The van der Waals surface area contributed by atoms with Gasteiger partial charge in [-0.3, -0.25) is 0 Å². The number of hydrogen-bond donors (Lipinski definition) is 1. The summed E-state index contributed by atoms with van der Waals surface area (Å²) in [6, 6.07) is 7.98. The molecule has 0 spiro atoms. The standard InChI is InChI=1S/C15H24ClN3/c1-18-7-3-8-19(11-10-18)9-6-15(17)13-4-2-5-14(16)12-13/h2,4-5,12,15H,3,6-11,17H2,1H3. The molecular formula is C15H24ClN3. The van der Waals surface area contributed by atoms with E-state index in [2.05, 4.69) is 22.9 Å². The highest BCUT2D eigenvalue weighted by Gasteiger charge is 2.13. The highest BCUT2D eigenvalue weighted by atomic mass is 35.5. The summed E-state index contributed by atoms with van der Waals surface area (Å²) in [5.41, 5.74) is 7.39. The Kier molecular flexibility index (Phi) is 5.64. The summed E-state index contributed by atoms with van der Waals surface area (Å²) in [7, 11) is 2.20. The first-order valence-corrected chi connectivity index (χ1v) is 7.45. The van der Waals surface area contributed by atoms with Crippen LogP contribution >= 0.6 is 11.6 Å². The maximum absolute atomic E-state index is 6.25. The van der Waals surface area contributed by atoms with Crippen molar-refractivity contribution < 1.29 is 0 Å². The largest absolute Gasteiger partial charge is 0.324 e. The summed E-state index contributed by atoms with van der Waals surface area (Å²) in [6.07, 6.45) is 2.24. The highest BCUT2D eigenvalue weighted by Crippen LogP contribution is 2.19. The number of nitrogens with zero attached hydrogens (tertiary/aromatic N) is 2. The maximum Gasteiger partial charge on any atom is 0.0409 e. The molecule has 0 amide bonds. The lowest BCUT2D eigenvalue weighted by molar-refractivity contribution is 0.267. The second kappa shape index (κ2) is 7.25. The summed E-state index contributed by atoms with van der Waals surface area (Å²) >= 11 is 6.00. The van der Waals surface area contributed by atoms with E-state index in [1.54, 1.807) is 0 Å². The van der Waals surface area contributed by atoms with Crippen LogP contribution in [-0.2, 0) is 0 Å². The first kappa shape index (κ1) is 14.8. The third kappa shape index (κ3) is 4.77. The van der Waals surface area contributed by atoms with Crippen molar-refractivity contribution in [2.45, 2.75) is 18.9 Å². The van der Waals surface area contributed by atoms with Gasteiger partial charge in [0.25, 0.3) is 0 Å². The van der Waals surface area contributed by atoms with Gasteiger partial charge in [-0.2, -0.15) is 0 Å². The van der Waals surface area contributed by atoms with Crippen LogP contribution in [0.2, 0.25) is 5.02 Å². The molecule has 1 atom stereocenters. The molecule has 1 aromatic rings. The van der Waals surface area contributed by atoms with E-state index in [1.165, 1.54) is 19.5 Å². The minimum absolute atomic E-state index is 0.0830. The van der Waals surface area contributed by atoms with Crippen LogP contribution in [0.15, 0.2) is 24.3 Å². The number of halogens is 1. The number of nitrogens with two attached hydrogens (primary N) is 1. The molecule has 0 bridgehead atoms. The van der Waals surface area contributed by atoms with Crippen LogP contribution in [0.5, 0.6) is 0 Å². The van der Waals surface area contributed by atoms with Gasteiger partial charge in [-0.25, -0.2) is 0 Å². The fraction of sp³-hybridized carbons (Fsp3) is 0.600.